The molecule has 3 atom stereocenters. The van der Waals surface area contributed by atoms with Gasteiger partial charge in [0.15, 0.2) is 0 Å². The standard InChI is InChI=1S/C9H18O2/c1-7(10)8-5-3-4-6-9(8,2)11/h7-8,10-11H,3-6H2,1-2H3. The molecule has 2 N–H and O–H groups in total. The molecule has 0 bridgehead atoms. The van der Waals surface area contributed by atoms with Gasteiger partial charge in [0, 0.05) is 5.92 Å². The highest BCUT2D eigenvalue weighted by atomic mass is 16.3. The van der Waals surface area contributed by atoms with Crippen LogP contribution < -0.4 is 0 Å². The van der Waals surface area contributed by atoms with Crippen LogP contribution in [0.25, 0.3) is 0 Å². The van der Waals surface area contributed by atoms with Gasteiger partial charge < -0.3 is 10.2 Å². The van der Waals surface area contributed by atoms with E-state index in [9.17, 15) is 10.2 Å². The summed E-state index contributed by atoms with van der Waals surface area (Å²) in [5, 5.41) is 19.2. The van der Waals surface area contributed by atoms with E-state index >= 15 is 0 Å². The minimum absolute atomic E-state index is 0.0799. The topological polar surface area (TPSA) is 40.5 Å². The lowest BCUT2D eigenvalue weighted by atomic mass is 9.74. The summed E-state index contributed by atoms with van der Waals surface area (Å²) in [5.74, 6) is 0.0799. The summed E-state index contributed by atoms with van der Waals surface area (Å²) >= 11 is 0. The van der Waals surface area contributed by atoms with Gasteiger partial charge in [-0.2, -0.15) is 0 Å². The molecule has 0 amide bonds. The lowest BCUT2D eigenvalue weighted by molar-refractivity contribution is -0.0782. The molecule has 0 saturated heterocycles. The molecule has 1 fully saturated rings. The highest BCUT2D eigenvalue weighted by molar-refractivity contribution is 4.88. The molecule has 0 spiro atoms. The second kappa shape index (κ2) is 3.11. The van der Waals surface area contributed by atoms with E-state index in [0.29, 0.717) is 0 Å². The Morgan fingerprint density at radius 1 is 1.45 bits per heavy atom. The van der Waals surface area contributed by atoms with Crippen LogP contribution in [0.1, 0.15) is 39.5 Å². The van der Waals surface area contributed by atoms with Crippen LogP contribution in [-0.2, 0) is 0 Å². The second-order valence-electron chi connectivity index (χ2n) is 3.95. The summed E-state index contributed by atoms with van der Waals surface area (Å²) in [4.78, 5) is 0. The van der Waals surface area contributed by atoms with Gasteiger partial charge in [-0.1, -0.05) is 12.8 Å². The molecule has 1 aliphatic rings. The first kappa shape index (κ1) is 9.01. The third kappa shape index (κ3) is 1.94. The maximum Gasteiger partial charge on any atom is 0.0672 e. The van der Waals surface area contributed by atoms with Gasteiger partial charge in [0.2, 0.25) is 0 Å². The smallest absolute Gasteiger partial charge is 0.0672 e. The number of rotatable bonds is 1. The summed E-state index contributed by atoms with van der Waals surface area (Å²) < 4.78 is 0. The van der Waals surface area contributed by atoms with Crippen LogP contribution in [0.3, 0.4) is 0 Å². The van der Waals surface area contributed by atoms with E-state index in [1.54, 1.807) is 6.92 Å². The molecule has 0 aromatic carbocycles. The number of aliphatic hydroxyl groups is 2. The van der Waals surface area contributed by atoms with Crippen LogP contribution in [-0.4, -0.2) is 21.9 Å². The van der Waals surface area contributed by atoms with Crippen molar-refractivity contribution in [2.24, 2.45) is 5.92 Å². The number of hydrogen-bond donors (Lipinski definition) is 2. The van der Waals surface area contributed by atoms with Gasteiger partial charge in [0.05, 0.1) is 11.7 Å². The van der Waals surface area contributed by atoms with Gasteiger partial charge in [0.25, 0.3) is 0 Å². The first-order valence-corrected chi connectivity index (χ1v) is 4.44. The van der Waals surface area contributed by atoms with E-state index in [1.807, 2.05) is 6.92 Å². The van der Waals surface area contributed by atoms with Crippen molar-refractivity contribution in [3.63, 3.8) is 0 Å². The quantitative estimate of drug-likeness (QED) is 0.604. The molecule has 66 valence electrons. The SMILES string of the molecule is CC(O)C1CCCCC1(C)O. The molecule has 0 aromatic heterocycles. The van der Waals surface area contributed by atoms with Gasteiger partial charge in [-0.25, -0.2) is 0 Å². The van der Waals surface area contributed by atoms with Crippen molar-refractivity contribution in [2.45, 2.75) is 51.2 Å². The van der Waals surface area contributed by atoms with E-state index in [4.69, 9.17) is 0 Å². The maximum atomic E-state index is 9.84. The summed E-state index contributed by atoms with van der Waals surface area (Å²) in [5.41, 5.74) is -0.633. The average Bonchev–Trinajstić information content (AvgIpc) is 1.85. The third-order valence-corrected chi connectivity index (χ3v) is 2.83. The van der Waals surface area contributed by atoms with Gasteiger partial charge >= 0.3 is 0 Å². The first-order chi connectivity index (χ1) is 5.04. The van der Waals surface area contributed by atoms with Crippen molar-refractivity contribution in [1.82, 2.24) is 0 Å². The fourth-order valence-electron chi connectivity index (χ4n) is 2.10. The molecule has 2 heteroatoms. The van der Waals surface area contributed by atoms with E-state index < -0.39 is 5.60 Å². The Balaban J connectivity index is 2.60. The van der Waals surface area contributed by atoms with Gasteiger partial charge in [-0.3, -0.25) is 0 Å². The Labute approximate surface area is 68.2 Å². The molecular formula is C9H18O2. The minimum atomic E-state index is -0.633. The minimum Gasteiger partial charge on any atom is -0.393 e. The molecule has 0 heterocycles. The molecule has 3 unspecified atom stereocenters. The fourth-order valence-corrected chi connectivity index (χ4v) is 2.10. The molecule has 0 aromatic rings. The van der Waals surface area contributed by atoms with Crippen molar-refractivity contribution >= 4 is 0 Å². The van der Waals surface area contributed by atoms with Crippen molar-refractivity contribution in [3.05, 3.63) is 0 Å². The largest absolute Gasteiger partial charge is 0.393 e. The fraction of sp³-hybridized carbons (Fsp3) is 1.00. The van der Waals surface area contributed by atoms with Crippen LogP contribution in [0, 0.1) is 5.92 Å². The summed E-state index contributed by atoms with van der Waals surface area (Å²) in [6, 6.07) is 0. The lowest BCUT2D eigenvalue weighted by Crippen LogP contribution is -2.43. The van der Waals surface area contributed by atoms with Crippen LogP contribution in [0.5, 0.6) is 0 Å². The molecule has 0 aliphatic heterocycles. The normalized spacial score (nSPS) is 42.0. The number of aliphatic hydroxyl groups excluding tert-OH is 1. The third-order valence-electron chi connectivity index (χ3n) is 2.83. The molecule has 1 aliphatic carbocycles. The van der Waals surface area contributed by atoms with Crippen LogP contribution in [0.2, 0.25) is 0 Å². The zero-order chi connectivity index (χ0) is 8.48. The Bertz CT molecular complexity index is 130. The molecule has 0 radical (unpaired) electrons. The van der Waals surface area contributed by atoms with E-state index in [0.717, 1.165) is 25.7 Å². The highest BCUT2D eigenvalue weighted by Gasteiger charge is 2.36. The zero-order valence-corrected chi connectivity index (χ0v) is 7.38. The molecule has 1 saturated carbocycles. The van der Waals surface area contributed by atoms with Crippen molar-refractivity contribution in [2.75, 3.05) is 0 Å². The molecular weight excluding hydrogens is 140 g/mol. The van der Waals surface area contributed by atoms with Gasteiger partial charge in [0.1, 0.15) is 0 Å². The number of hydrogen-bond acceptors (Lipinski definition) is 2. The van der Waals surface area contributed by atoms with E-state index in [2.05, 4.69) is 0 Å². The summed E-state index contributed by atoms with van der Waals surface area (Å²) in [6.45, 7) is 3.61. The van der Waals surface area contributed by atoms with Crippen LogP contribution >= 0.6 is 0 Å². The van der Waals surface area contributed by atoms with Crippen molar-refractivity contribution < 1.29 is 10.2 Å². The van der Waals surface area contributed by atoms with Gasteiger partial charge in [-0.15, -0.1) is 0 Å². The Kier molecular flexibility index (Phi) is 2.55. The Morgan fingerprint density at radius 3 is 2.45 bits per heavy atom. The summed E-state index contributed by atoms with van der Waals surface area (Å²) in [6.07, 6.45) is 3.67. The molecule has 11 heavy (non-hydrogen) atoms. The first-order valence-electron chi connectivity index (χ1n) is 4.44. The second-order valence-corrected chi connectivity index (χ2v) is 3.95. The van der Waals surface area contributed by atoms with Crippen molar-refractivity contribution in [3.8, 4) is 0 Å². The van der Waals surface area contributed by atoms with E-state index in [-0.39, 0.29) is 12.0 Å². The predicted molar refractivity (Wildman–Crippen MR) is 44.3 cm³/mol. The Hall–Kier alpha value is -0.0800. The zero-order valence-electron chi connectivity index (χ0n) is 7.38. The van der Waals surface area contributed by atoms with Crippen LogP contribution in [0.4, 0.5) is 0 Å². The Morgan fingerprint density at radius 2 is 2.09 bits per heavy atom. The molecule has 1 rings (SSSR count). The van der Waals surface area contributed by atoms with Crippen molar-refractivity contribution in [1.29, 1.82) is 0 Å². The molecule has 2 nitrogen and oxygen atoms in total. The predicted octanol–water partition coefficient (Wildman–Crippen LogP) is 1.31. The van der Waals surface area contributed by atoms with Crippen LogP contribution in [0.15, 0.2) is 0 Å². The average molecular weight is 158 g/mol. The highest BCUT2D eigenvalue weighted by Crippen LogP contribution is 2.35. The lowest BCUT2D eigenvalue weighted by Gasteiger charge is -2.38. The monoisotopic (exact) mass is 158 g/mol. The van der Waals surface area contributed by atoms with E-state index in [1.165, 1.54) is 0 Å². The van der Waals surface area contributed by atoms with Gasteiger partial charge in [-0.05, 0) is 26.7 Å². The maximum absolute atomic E-state index is 9.84. The summed E-state index contributed by atoms with van der Waals surface area (Å²) in [7, 11) is 0.